The maximum Gasteiger partial charge on any atom is 0.244 e. The summed E-state index contributed by atoms with van der Waals surface area (Å²) >= 11 is 3.27. The number of nitrogens with one attached hydrogen (secondary N) is 1. The van der Waals surface area contributed by atoms with E-state index in [-0.39, 0.29) is 17.3 Å². The average molecular weight is 362 g/mol. The lowest BCUT2D eigenvalue weighted by molar-refractivity contribution is -0.126. The van der Waals surface area contributed by atoms with E-state index < -0.39 is 16.1 Å². The van der Waals surface area contributed by atoms with Crippen molar-refractivity contribution < 1.29 is 13.2 Å². The summed E-state index contributed by atoms with van der Waals surface area (Å²) < 4.78 is 27.3. The van der Waals surface area contributed by atoms with Gasteiger partial charge in [0, 0.05) is 23.2 Å². The Hall–Kier alpha value is -1.12. The fourth-order valence-corrected chi connectivity index (χ4v) is 4.46. The van der Waals surface area contributed by atoms with Crippen LogP contribution >= 0.6 is 15.9 Å². The molecule has 3 N–H and O–H groups in total. The zero-order valence-corrected chi connectivity index (χ0v) is 13.6. The number of amides is 1. The molecule has 20 heavy (non-hydrogen) atoms. The molecule has 6 nitrogen and oxygen atoms in total. The monoisotopic (exact) mass is 361 g/mol. The van der Waals surface area contributed by atoms with Gasteiger partial charge in [-0.15, -0.1) is 0 Å². The standard InChI is InChI=1S/C12H16BrN3O3S/c1-7-5-9(13)10(14)6-11(7)20(18,19)16-4-3-15-12(17)8(16)2/h5-6,8H,3-4,14H2,1-2H3,(H,15,17). The number of carbonyl (C=O) groups excluding carboxylic acids is 1. The van der Waals surface area contributed by atoms with Crippen molar-refractivity contribution in [1.29, 1.82) is 0 Å². The van der Waals surface area contributed by atoms with Gasteiger partial charge in [-0.3, -0.25) is 4.79 Å². The molecule has 1 saturated heterocycles. The lowest BCUT2D eigenvalue weighted by Gasteiger charge is -2.32. The van der Waals surface area contributed by atoms with Gasteiger partial charge in [0.15, 0.2) is 0 Å². The molecule has 1 amide bonds. The number of rotatable bonds is 2. The normalized spacial score (nSPS) is 20.8. The Morgan fingerprint density at radius 1 is 1.45 bits per heavy atom. The van der Waals surface area contributed by atoms with Crippen LogP contribution < -0.4 is 11.1 Å². The van der Waals surface area contributed by atoms with Crippen molar-refractivity contribution in [3.8, 4) is 0 Å². The minimum Gasteiger partial charge on any atom is -0.398 e. The first-order chi connectivity index (χ1) is 9.25. The van der Waals surface area contributed by atoms with Gasteiger partial charge >= 0.3 is 0 Å². The van der Waals surface area contributed by atoms with Gasteiger partial charge in [-0.1, -0.05) is 0 Å². The third-order valence-corrected chi connectivity index (χ3v) is 6.12. The fourth-order valence-electron chi connectivity index (χ4n) is 2.16. The van der Waals surface area contributed by atoms with Gasteiger partial charge in [0.2, 0.25) is 15.9 Å². The number of aryl methyl sites for hydroxylation is 1. The van der Waals surface area contributed by atoms with Crippen LogP contribution in [0.3, 0.4) is 0 Å². The number of nitrogens with zero attached hydrogens (tertiary/aromatic N) is 1. The van der Waals surface area contributed by atoms with Crippen LogP contribution in [0.4, 0.5) is 5.69 Å². The number of nitrogen functional groups attached to an aromatic ring is 1. The second-order valence-electron chi connectivity index (χ2n) is 4.72. The van der Waals surface area contributed by atoms with Crippen molar-refractivity contribution in [1.82, 2.24) is 9.62 Å². The minimum atomic E-state index is -3.74. The van der Waals surface area contributed by atoms with E-state index in [2.05, 4.69) is 21.2 Å². The van der Waals surface area contributed by atoms with Crippen molar-refractivity contribution in [3.05, 3.63) is 22.2 Å². The van der Waals surface area contributed by atoms with Crippen LogP contribution in [0.5, 0.6) is 0 Å². The zero-order valence-electron chi connectivity index (χ0n) is 11.2. The fraction of sp³-hybridized carbons (Fsp3) is 0.417. The highest BCUT2D eigenvalue weighted by Crippen LogP contribution is 2.29. The van der Waals surface area contributed by atoms with E-state index in [0.717, 1.165) is 0 Å². The summed E-state index contributed by atoms with van der Waals surface area (Å²) in [5, 5.41) is 2.64. The number of hydrogen-bond donors (Lipinski definition) is 2. The molecule has 110 valence electrons. The van der Waals surface area contributed by atoms with Crippen LogP contribution in [0.25, 0.3) is 0 Å². The number of nitrogens with two attached hydrogens (primary N) is 1. The van der Waals surface area contributed by atoms with Gasteiger partial charge in [-0.25, -0.2) is 8.42 Å². The van der Waals surface area contributed by atoms with Crippen LogP contribution in [-0.4, -0.2) is 37.8 Å². The molecular formula is C12H16BrN3O3S. The molecule has 0 aromatic heterocycles. The quantitative estimate of drug-likeness (QED) is 0.763. The predicted molar refractivity (Wildman–Crippen MR) is 79.7 cm³/mol. The molecule has 1 heterocycles. The number of sulfonamides is 1. The first kappa shape index (κ1) is 15.3. The Balaban J connectivity index is 2.50. The highest BCUT2D eigenvalue weighted by atomic mass is 79.9. The molecule has 0 radical (unpaired) electrons. The summed E-state index contributed by atoms with van der Waals surface area (Å²) in [6, 6.07) is 2.36. The molecule has 1 fully saturated rings. The Morgan fingerprint density at radius 2 is 2.10 bits per heavy atom. The highest BCUT2D eigenvalue weighted by Gasteiger charge is 2.36. The van der Waals surface area contributed by atoms with Gasteiger partial charge < -0.3 is 11.1 Å². The second-order valence-corrected chi connectivity index (χ2v) is 7.44. The van der Waals surface area contributed by atoms with Gasteiger partial charge in [0.1, 0.15) is 6.04 Å². The van der Waals surface area contributed by atoms with Crippen LogP contribution in [0.2, 0.25) is 0 Å². The Kier molecular flexibility index (Phi) is 4.08. The van der Waals surface area contributed by atoms with E-state index in [1.165, 1.54) is 10.4 Å². The summed E-state index contributed by atoms with van der Waals surface area (Å²) in [5.74, 6) is -0.289. The second kappa shape index (κ2) is 5.34. The molecule has 0 saturated carbocycles. The lowest BCUT2D eigenvalue weighted by atomic mass is 10.2. The third kappa shape index (κ3) is 2.55. The van der Waals surface area contributed by atoms with E-state index in [9.17, 15) is 13.2 Å². The molecule has 1 aliphatic heterocycles. The zero-order chi connectivity index (χ0) is 15.1. The molecule has 8 heteroatoms. The number of halogens is 1. The molecule has 0 spiro atoms. The van der Waals surface area contributed by atoms with Crippen LogP contribution in [-0.2, 0) is 14.8 Å². The van der Waals surface area contributed by atoms with E-state index in [1.807, 2.05) is 0 Å². The summed E-state index contributed by atoms with van der Waals surface area (Å²) in [6.45, 7) is 3.84. The van der Waals surface area contributed by atoms with Crippen molar-refractivity contribution in [3.63, 3.8) is 0 Å². The number of carbonyl (C=O) groups is 1. The number of hydrogen-bond acceptors (Lipinski definition) is 4. The predicted octanol–water partition coefficient (Wildman–Crippen LogP) is 0.849. The molecule has 1 aromatic rings. The van der Waals surface area contributed by atoms with Crippen LogP contribution in [0.1, 0.15) is 12.5 Å². The topological polar surface area (TPSA) is 92.5 Å². The van der Waals surface area contributed by atoms with E-state index in [1.54, 1.807) is 19.9 Å². The number of benzene rings is 1. The van der Waals surface area contributed by atoms with Crippen molar-refractivity contribution >= 4 is 37.5 Å². The first-order valence-corrected chi connectivity index (χ1v) is 8.33. The Labute approximate surface area is 126 Å². The summed E-state index contributed by atoms with van der Waals surface area (Å²) in [4.78, 5) is 11.8. The van der Waals surface area contributed by atoms with Crippen molar-refractivity contribution in [2.75, 3.05) is 18.8 Å². The van der Waals surface area contributed by atoms with Gasteiger partial charge in [0.25, 0.3) is 0 Å². The minimum absolute atomic E-state index is 0.139. The average Bonchev–Trinajstić information content (AvgIpc) is 2.36. The van der Waals surface area contributed by atoms with Crippen LogP contribution in [0, 0.1) is 6.92 Å². The summed E-state index contributed by atoms with van der Waals surface area (Å²) in [7, 11) is -3.74. The maximum absolute atomic E-state index is 12.7. The van der Waals surface area contributed by atoms with Gasteiger partial charge in [-0.2, -0.15) is 4.31 Å². The molecular weight excluding hydrogens is 346 g/mol. The number of piperazine rings is 1. The smallest absolute Gasteiger partial charge is 0.244 e. The molecule has 1 aliphatic rings. The van der Waals surface area contributed by atoms with E-state index in [4.69, 9.17) is 5.73 Å². The van der Waals surface area contributed by atoms with Crippen molar-refractivity contribution in [2.24, 2.45) is 0 Å². The largest absolute Gasteiger partial charge is 0.398 e. The Morgan fingerprint density at radius 3 is 2.75 bits per heavy atom. The molecule has 1 atom stereocenters. The Bertz CT molecular complexity index is 660. The molecule has 1 unspecified atom stereocenters. The van der Waals surface area contributed by atoms with Gasteiger partial charge in [0.05, 0.1) is 4.90 Å². The summed E-state index contributed by atoms with van der Waals surface area (Å²) in [5.41, 5.74) is 6.71. The SMILES string of the molecule is Cc1cc(Br)c(N)cc1S(=O)(=O)N1CCNC(=O)C1C. The molecule has 0 bridgehead atoms. The highest BCUT2D eigenvalue weighted by molar-refractivity contribution is 9.10. The first-order valence-electron chi connectivity index (χ1n) is 6.10. The third-order valence-electron chi connectivity index (χ3n) is 3.32. The molecule has 2 rings (SSSR count). The van der Waals surface area contributed by atoms with Gasteiger partial charge in [-0.05, 0) is 47.5 Å². The lowest BCUT2D eigenvalue weighted by Crippen LogP contribution is -2.55. The summed E-state index contributed by atoms with van der Waals surface area (Å²) in [6.07, 6.45) is 0. The molecule has 1 aromatic carbocycles. The van der Waals surface area contributed by atoms with Crippen molar-refractivity contribution in [2.45, 2.75) is 24.8 Å². The molecule has 0 aliphatic carbocycles. The van der Waals surface area contributed by atoms with E-state index in [0.29, 0.717) is 22.3 Å². The number of anilines is 1. The maximum atomic E-state index is 12.7. The van der Waals surface area contributed by atoms with Crippen LogP contribution in [0.15, 0.2) is 21.5 Å². The van der Waals surface area contributed by atoms with E-state index >= 15 is 0 Å².